The van der Waals surface area contributed by atoms with E-state index in [1.54, 1.807) is 0 Å². The van der Waals surface area contributed by atoms with Crippen LogP contribution in [-0.4, -0.2) is 60.3 Å². The number of rotatable bonds is 5. The van der Waals surface area contributed by atoms with E-state index in [1.807, 2.05) is 0 Å². The highest BCUT2D eigenvalue weighted by molar-refractivity contribution is 4.89. The van der Waals surface area contributed by atoms with Gasteiger partial charge in [-0.2, -0.15) is 0 Å². The van der Waals surface area contributed by atoms with Crippen LogP contribution >= 0.6 is 0 Å². The lowest BCUT2D eigenvalue weighted by Gasteiger charge is -2.44. The molecule has 1 N–H and O–H groups in total. The second-order valence-corrected chi connectivity index (χ2v) is 5.44. The van der Waals surface area contributed by atoms with E-state index in [2.05, 4.69) is 37.7 Å². The van der Waals surface area contributed by atoms with Crippen LogP contribution in [-0.2, 0) is 0 Å². The maximum absolute atomic E-state index is 9.19. The summed E-state index contributed by atoms with van der Waals surface area (Å²) >= 11 is 0. The fraction of sp³-hybridized carbons (Fsp3) is 1.00. The number of likely N-dealkylation sites (N-methyl/N-ethyl adjacent to an activating group) is 1. The fourth-order valence-electron chi connectivity index (χ4n) is 3.00. The molecule has 1 saturated carbocycles. The maximum Gasteiger partial charge on any atom is 0.0558 e. The van der Waals surface area contributed by atoms with Crippen molar-refractivity contribution in [3.05, 3.63) is 0 Å². The summed E-state index contributed by atoms with van der Waals surface area (Å²) in [7, 11) is 4.36. The molecule has 1 aliphatic rings. The number of aliphatic hydroxyl groups is 1. The highest BCUT2D eigenvalue weighted by Gasteiger charge is 2.32. The van der Waals surface area contributed by atoms with E-state index in [4.69, 9.17) is 0 Å². The van der Waals surface area contributed by atoms with Crippen LogP contribution < -0.4 is 0 Å². The molecule has 0 aromatic heterocycles. The molecule has 0 aliphatic heterocycles. The van der Waals surface area contributed by atoms with Crippen LogP contribution in [0.25, 0.3) is 0 Å². The molecule has 0 amide bonds. The molecular formula is C13H28N2O. The van der Waals surface area contributed by atoms with Crippen LogP contribution in [0.2, 0.25) is 0 Å². The summed E-state index contributed by atoms with van der Waals surface area (Å²) < 4.78 is 0. The predicted octanol–water partition coefficient (Wildman–Crippen LogP) is 1.56. The van der Waals surface area contributed by atoms with E-state index in [9.17, 15) is 5.11 Å². The molecule has 0 unspecified atom stereocenters. The summed E-state index contributed by atoms with van der Waals surface area (Å²) in [6.45, 7) is 5.55. The van der Waals surface area contributed by atoms with E-state index in [0.29, 0.717) is 18.1 Å². The van der Waals surface area contributed by atoms with Crippen molar-refractivity contribution in [1.82, 2.24) is 9.80 Å². The summed E-state index contributed by atoms with van der Waals surface area (Å²) in [5.41, 5.74) is 0. The van der Waals surface area contributed by atoms with Gasteiger partial charge in [-0.3, -0.25) is 4.90 Å². The molecule has 0 bridgehead atoms. The Morgan fingerprint density at radius 3 is 2.12 bits per heavy atom. The third kappa shape index (κ3) is 3.44. The van der Waals surface area contributed by atoms with Crippen molar-refractivity contribution in [2.75, 3.05) is 27.2 Å². The lowest BCUT2D eigenvalue weighted by molar-refractivity contribution is 0.0399. The summed E-state index contributed by atoms with van der Waals surface area (Å²) in [5, 5.41) is 9.19. The van der Waals surface area contributed by atoms with Crippen LogP contribution in [0, 0.1) is 0 Å². The van der Waals surface area contributed by atoms with Crippen molar-refractivity contribution < 1.29 is 5.11 Å². The second kappa shape index (κ2) is 6.58. The minimum Gasteiger partial charge on any atom is -0.395 e. The zero-order valence-corrected chi connectivity index (χ0v) is 11.3. The Bertz CT molecular complexity index is 194. The second-order valence-electron chi connectivity index (χ2n) is 5.44. The molecule has 0 heterocycles. The third-order valence-corrected chi connectivity index (χ3v) is 3.80. The molecule has 0 spiro atoms. The molecule has 16 heavy (non-hydrogen) atoms. The van der Waals surface area contributed by atoms with Crippen LogP contribution in [0.15, 0.2) is 0 Å². The molecule has 1 fully saturated rings. The van der Waals surface area contributed by atoms with Gasteiger partial charge in [0.15, 0.2) is 0 Å². The topological polar surface area (TPSA) is 26.7 Å². The Labute approximate surface area is 100 Å². The van der Waals surface area contributed by atoms with E-state index < -0.39 is 0 Å². The molecule has 2 atom stereocenters. The molecule has 3 nitrogen and oxygen atoms in total. The van der Waals surface area contributed by atoms with Crippen LogP contribution in [0.5, 0.6) is 0 Å². The maximum atomic E-state index is 9.19. The molecule has 0 aromatic rings. The third-order valence-electron chi connectivity index (χ3n) is 3.80. The molecule has 1 rings (SSSR count). The Morgan fingerprint density at radius 2 is 1.69 bits per heavy atom. The van der Waals surface area contributed by atoms with E-state index in [-0.39, 0.29) is 6.61 Å². The number of hydrogen-bond acceptors (Lipinski definition) is 3. The quantitative estimate of drug-likeness (QED) is 0.773. The molecule has 0 aromatic carbocycles. The van der Waals surface area contributed by atoms with Crippen molar-refractivity contribution in [1.29, 1.82) is 0 Å². The van der Waals surface area contributed by atoms with E-state index in [0.717, 1.165) is 6.54 Å². The van der Waals surface area contributed by atoms with Crippen LogP contribution in [0.4, 0.5) is 0 Å². The van der Waals surface area contributed by atoms with Crippen LogP contribution in [0.3, 0.4) is 0 Å². The van der Waals surface area contributed by atoms with Gasteiger partial charge < -0.3 is 10.0 Å². The van der Waals surface area contributed by atoms with Crippen LogP contribution in [0.1, 0.15) is 39.5 Å². The van der Waals surface area contributed by atoms with Gasteiger partial charge >= 0.3 is 0 Å². The first-order valence-electron chi connectivity index (χ1n) is 6.61. The average Bonchev–Trinajstić information content (AvgIpc) is 2.25. The normalized spacial score (nSPS) is 27.0. The minimum atomic E-state index is 0.273. The van der Waals surface area contributed by atoms with Crippen molar-refractivity contribution in [3.63, 3.8) is 0 Å². The van der Waals surface area contributed by atoms with E-state index >= 15 is 0 Å². The predicted molar refractivity (Wildman–Crippen MR) is 68.7 cm³/mol. The lowest BCUT2D eigenvalue weighted by Crippen LogP contribution is -2.54. The molecule has 0 radical (unpaired) electrons. The first-order valence-corrected chi connectivity index (χ1v) is 6.61. The van der Waals surface area contributed by atoms with Gasteiger partial charge in [0, 0.05) is 24.7 Å². The summed E-state index contributed by atoms with van der Waals surface area (Å²) in [6.07, 6.45) is 5.27. The first kappa shape index (κ1) is 13.9. The summed E-state index contributed by atoms with van der Waals surface area (Å²) in [6, 6.07) is 1.80. The summed E-state index contributed by atoms with van der Waals surface area (Å²) in [5.74, 6) is 0. The standard InChI is InChI=1S/C13H28N2O/c1-11(2)15(9-10-16)13-8-6-5-7-12(13)14(3)4/h11-13,16H,5-10H2,1-4H3/t12-,13-/m0/s1. The first-order chi connectivity index (χ1) is 7.57. The highest BCUT2D eigenvalue weighted by atomic mass is 16.3. The SMILES string of the molecule is CC(C)N(CCO)[C@H]1CCCC[C@@H]1N(C)C. The fourth-order valence-corrected chi connectivity index (χ4v) is 3.00. The largest absolute Gasteiger partial charge is 0.395 e. The van der Waals surface area contributed by atoms with Gasteiger partial charge in [0.1, 0.15) is 0 Å². The van der Waals surface area contributed by atoms with Gasteiger partial charge in [-0.1, -0.05) is 12.8 Å². The van der Waals surface area contributed by atoms with Gasteiger partial charge in [0.2, 0.25) is 0 Å². The van der Waals surface area contributed by atoms with Gasteiger partial charge in [-0.05, 0) is 40.8 Å². The Hall–Kier alpha value is -0.120. The Morgan fingerprint density at radius 1 is 1.12 bits per heavy atom. The smallest absolute Gasteiger partial charge is 0.0558 e. The van der Waals surface area contributed by atoms with Gasteiger partial charge in [0.25, 0.3) is 0 Å². The molecular weight excluding hydrogens is 200 g/mol. The average molecular weight is 228 g/mol. The molecule has 96 valence electrons. The number of aliphatic hydroxyl groups excluding tert-OH is 1. The van der Waals surface area contributed by atoms with Crippen molar-refractivity contribution in [3.8, 4) is 0 Å². The summed E-state index contributed by atoms with van der Waals surface area (Å²) in [4.78, 5) is 4.83. The molecule has 3 heteroatoms. The Kier molecular flexibility index (Phi) is 5.73. The zero-order valence-electron chi connectivity index (χ0n) is 11.3. The lowest BCUT2D eigenvalue weighted by atomic mass is 9.87. The number of hydrogen-bond donors (Lipinski definition) is 1. The van der Waals surface area contributed by atoms with Crippen molar-refractivity contribution in [2.24, 2.45) is 0 Å². The Balaban J connectivity index is 2.70. The van der Waals surface area contributed by atoms with E-state index in [1.165, 1.54) is 25.7 Å². The van der Waals surface area contributed by atoms with Crippen molar-refractivity contribution in [2.45, 2.75) is 57.7 Å². The van der Waals surface area contributed by atoms with Crippen molar-refractivity contribution >= 4 is 0 Å². The molecule has 0 saturated heterocycles. The molecule has 1 aliphatic carbocycles. The van der Waals surface area contributed by atoms with Gasteiger partial charge in [-0.25, -0.2) is 0 Å². The van der Waals surface area contributed by atoms with Gasteiger partial charge in [0.05, 0.1) is 6.61 Å². The number of nitrogens with zero attached hydrogens (tertiary/aromatic N) is 2. The minimum absolute atomic E-state index is 0.273. The van der Waals surface area contributed by atoms with Gasteiger partial charge in [-0.15, -0.1) is 0 Å². The zero-order chi connectivity index (χ0) is 12.1. The monoisotopic (exact) mass is 228 g/mol. The highest BCUT2D eigenvalue weighted by Crippen LogP contribution is 2.27.